The van der Waals surface area contributed by atoms with Crippen LogP contribution in [0.25, 0.3) is 0 Å². The van der Waals surface area contributed by atoms with E-state index in [1.54, 1.807) is 0 Å². The number of nitrogens with zero attached hydrogens (tertiary/aromatic N) is 2. The quantitative estimate of drug-likeness (QED) is 0.774. The van der Waals surface area contributed by atoms with Crippen LogP contribution in [-0.4, -0.2) is 12.1 Å². The Hall–Kier alpha value is -1.01. The van der Waals surface area contributed by atoms with Crippen LogP contribution < -0.4 is 4.90 Å². The van der Waals surface area contributed by atoms with E-state index in [0.29, 0.717) is 0 Å². The maximum Gasteiger partial charge on any atom is 0.0674 e. The Morgan fingerprint density at radius 3 is 2.78 bits per heavy atom. The van der Waals surface area contributed by atoms with Gasteiger partial charge in [-0.05, 0) is 57.4 Å². The molecule has 1 aliphatic rings. The first-order chi connectivity index (χ1) is 8.44. The summed E-state index contributed by atoms with van der Waals surface area (Å²) >= 11 is 3.50. The second-order valence-corrected chi connectivity index (χ2v) is 6.63. The second-order valence-electron chi connectivity index (χ2n) is 5.72. The smallest absolute Gasteiger partial charge is 0.0674 e. The van der Waals surface area contributed by atoms with E-state index in [2.05, 4.69) is 65.9 Å². The summed E-state index contributed by atoms with van der Waals surface area (Å²) in [6.45, 7) is 7.50. The first-order valence-corrected chi connectivity index (χ1v) is 7.17. The number of benzene rings is 1. The predicted molar refractivity (Wildman–Crippen MR) is 78.6 cm³/mol. The molecule has 2 nitrogen and oxygen atoms in total. The SMILES string of the molecule is Cc1cc(Br)ccc1N1CC(C#N)CCC1(C)C. The number of hydrogen-bond donors (Lipinski definition) is 0. The van der Waals surface area contributed by atoms with Crippen molar-refractivity contribution in [2.75, 3.05) is 11.4 Å². The number of aryl methyl sites for hydroxylation is 1. The topological polar surface area (TPSA) is 27.0 Å². The monoisotopic (exact) mass is 306 g/mol. The summed E-state index contributed by atoms with van der Waals surface area (Å²) in [6, 6.07) is 8.79. The van der Waals surface area contributed by atoms with Gasteiger partial charge in [0.1, 0.15) is 0 Å². The molecule has 0 bridgehead atoms. The van der Waals surface area contributed by atoms with Crippen molar-refractivity contribution >= 4 is 21.6 Å². The number of hydrogen-bond acceptors (Lipinski definition) is 2. The molecule has 2 rings (SSSR count). The van der Waals surface area contributed by atoms with Crippen LogP contribution in [0.15, 0.2) is 22.7 Å². The lowest BCUT2D eigenvalue weighted by molar-refractivity contribution is 0.325. The molecule has 0 aromatic heterocycles. The highest BCUT2D eigenvalue weighted by molar-refractivity contribution is 9.10. The Bertz CT molecular complexity index is 488. The molecule has 1 heterocycles. The largest absolute Gasteiger partial charge is 0.365 e. The second kappa shape index (κ2) is 4.93. The van der Waals surface area contributed by atoms with E-state index in [9.17, 15) is 0 Å². The van der Waals surface area contributed by atoms with Gasteiger partial charge in [0.25, 0.3) is 0 Å². The third-order valence-electron chi connectivity index (χ3n) is 3.87. The molecule has 1 aromatic carbocycles. The van der Waals surface area contributed by atoms with E-state index in [4.69, 9.17) is 5.26 Å². The van der Waals surface area contributed by atoms with Crippen molar-refractivity contribution in [1.82, 2.24) is 0 Å². The number of piperidine rings is 1. The molecule has 0 N–H and O–H groups in total. The fourth-order valence-corrected chi connectivity index (χ4v) is 3.15. The van der Waals surface area contributed by atoms with Crippen molar-refractivity contribution in [1.29, 1.82) is 5.26 Å². The van der Waals surface area contributed by atoms with Crippen molar-refractivity contribution < 1.29 is 0 Å². The fraction of sp³-hybridized carbons (Fsp3) is 0.533. The molecule has 0 aliphatic carbocycles. The zero-order valence-corrected chi connectivity index (χ0v) is 12.8. The van der Waals surface area contributed by atoms with Crippen LogP contribution in [0.5, 0.6) is 0 Å². The molecule has 96 valence electrons. The molecule has 18 heavy (non-hydrogen) atoms. The zero-order valence-electron chi connectivity index (χ0n) is 11.2. The van der Waals surface area contributed by atoms with Gasteiger partial charge < -0.3 is 4.90 Å². The number of anilines is 1. The number of halogens is 1. The van der Waals surface area contributed by atoms with Crippen LogP contribution >= 0.6 is 15.9 Å². The van der Waals surface area contributed by atoms with Gasteiger partial charge in [0, 0.05) is 22.2 Å². The lowest BCUT2D eigenvalue weighted by Gasteiger charge is -2.46. The molecule has 1 saturated heterocycles. The fourth-order valence-electron chi connectivity index (χ4n) is 2.67. The minimum Gasteiger partial charge on any atom is -0.365 e. The van der Waals surface area contributed by atoms with Crippen LogP contribution in [0.1, 0.15) is 32.3 Å². The summed E-state index contributed by atoms with van der Waals surface area (Å²) in [5.74, 6) is 0.154. The molecule has 1 fully saturated rings. The summed E-state index contributed by atoms with van der Waals surface area (Å²) in [4.78, 5) is 2.40. The first-order valence-electron chi connectivity index (χ1n) is 6.37. The van der Waals surface area contributed by atoms with E-state index in [1.807, 2.05) is 0 Å². The van der Waals surface area contributed by atoms with Gasteiger partial charge >= 0.3 is 0 Å². The van der Waals surface area contributed by atoms with Crippen LogP contribution in [0.2, 0.25) is 0 Å². The van der Waals surface area contributed by atoms with Gasteiger partial charge in [-0.2, -0.15) is 5.26 Å². The minimum absolute atomic E-state index is 0.131. The van der Waals surface area contributed by atoms with Gasteiger partial charge in [-0.1, -0.05) is 15.9 Å². The summed E-state index contributed by atoms with van der Waals surface area (Å²) in [5.41, 5.74) is 2.64. The average molecular weight is 307 g/mol. The predicted octanol–water partition coefficient (Wildman–Crippen LogP) is 4.28. The standard InChI is InChI=1S/C15H19BrN2/c1-11-8-13(16)4-5-14(11)18-10-12(9-17)6-7-15(18,2)3/h4-5,8,12H,6-7,10H2,1-3H3. The molecule has 0 saturated carbocycles. The Kier molecular flexibility index (Phi) is 3.68. The summed E-state index contributed by atoms with van der Waals surface area (Å²) < 4.78 is 1.11. The molecule has 1 atom stereocenters. The zero-order chi connectivity index (χ0) is 13.3. The van der Waals surface area contributed by atoms with Gasteiger partial charge in [-0.15, -0.1) is 0 Å². The van der Waals surface area contributed by atoms with Crippen molar-refractivity contribution in [2.24, 2.45) is 5.92 Å². The van der Waals surface area contributed by atoms with Gasteiger partial charge in [-0.25, -0.2) is 0 Å². The third-order valence-corrected chi connectivity index (χ3v) is 4.36. The van der Waals surface area contributed by atoms with Crippen molar-refractivity contribution in [3.63, 3.8) is 0 Å². The van der Waals surface area contributed by atoms with Crippen LogP contribution in [-0.2, 0) is 0 Å². The van der Waals surface area contributed by atoms with E-state index in [-0.39, 0.29) is 11.5 Å². The highest BCUT2D eigenvalue weighted by Gasteiger charge is 2.34. The van der Waals surface area contributed by atoms with E-state index in [0.717, 1.165) is 23.9 Å². The van der Waals surface area contributed by atoms with E-state index in [1.165, 1.54) is 11.3 Å². The van der Waals surface area contributed by atoms with Crippen LogP contribution in [0.4, 0.5) is 5.69 Å². The summed E-state index contributed by atoms with van der Waals surface area (Å²) in [5, 5.41) is 9.16. The maximum atomic E-state index is 9.16. The summed E-state index contributed by atoms with van der Waals surface area (Å²) in [7, 11) is 0. The summed E-state index contributed by atoms with van der Waals surface area (Å²) in [6.07, 6.45) is 2.08. The molecule has 0 radical (unpaired) electrons. The molecule has 1 aromatic rings. The Morgan fingerprint density at radius 2 is 2.17 bits per heavy atom. The molecular formula is C15H19BrN2. The third kappa shape index (κ3) is 2.54. The van der Waals surface area contributed by atoms with E-state index < -0.39 is 0 Å². The van der Waals surface area contributed by atoms with Crippen LogP contribution in [0.3, 0.4) is 0 Å². The van der Waals surface area contributed by atoms with Gasteiger partial charge in [-0.3, -0.25) is 0 Å². The van der Waals surface area contributed by atoms with Gasteiger partial charge in [0.2, 0.25) is 0 Å². The molecule has 1 aliphatic heterocycles. The lowest BCUT2D eigenvalue weighted by Crippen LogP contribution is -2.50. The van der Waals surface area contributed by atoms with Gasteiger partial charge in [0.05, 0.1) is 12.0 Å². The lowest BCUT2D eigenvalue weighted by atomic mass is 9.84. The number of rotatable bonds is 1. The highest BCUT2D eigenvalue weighted by Crippen LogP contribution is 2.36. The molecular weight excluding hydrogens is 288 g/mol. The number of nitriles is 1. The highest BCUT2D eigenvalue weighted by atomic mass is 79.9. The average Bonchev–Trinajstić information content (AvgIpc) is 2.30. The maximum absolute atomic E-state index is 9.16. The van der Waals surface area contributed by atoms with Crippen molar-refractivity contribution in [3.05, 3.63) is 28.2 Å². The van der Waals surface area contributed by atoms with Gasteiger partial charge in [0.15, 0.2) is 0 Å². The Balaban J connectivity index is 2.37. The molecule has 1 unspecified atom stereocenters. The van der Waals surface area contributed by atoms with Crippen molar-refractivity contribution in [2.45, 2.75) is 39.2 Å². The normalized spacial score (nSPS) is 22.6. The Morgan fingerprint density at radius 1 is 1.44 bits per heavy atom. The first kappa shape index (κ1) is 13.4. The molecule has 0 spiro atoms. The molecule has 0 amide bonds. The minimum atomic E-state index is 0.131. The Labute approximate surface area is 118 Å². The van der Waals surface area contributed by atoms with E-state index >= 15 is 0 Å². The van der Waals surface area contributed by atoms with Crippen molar-refractivity contribution in [3.8, 4) is 6.07 Å². The van der Waals surface area contributed by atoms with Crippen LogP contribution in [0, 0.1) is 24.2 Å². The molecule has 3 heteroatoms.